The molecule has 8 rings (SSSR count). The van der Waals surface area contributed by atoms with E-state index in [4.69, 9.17) is 20.0 Å². The van der Waals surface area contributed by atoms with Crippen LogP contribution in [0.4, 0.5) is 4.39 Å². The largest absolute Gasteiger partial charge is 0.379 e. The smallest absolute Gasteiger partial charge is 0.339 e. The van der Waals surface area contributed by atoms with Crippen LogP contribution in [0, 0.1) is 17.7 Å². The van der Waals surface area contributed by atoms with Gasteiger partial charge in [0, 0.05) is 41.1 Å². The lowest BCUT2D eigenvalue weighted by molar-refractivity contribution is 0.0830. The van der Waals surface area contributed by atoms with Gasteiger partial charge in [0.05, 0.1) is 0 Å². The number of rotatable bonds is 15. The van der Waals surface area contributed by atoms with E-state index >= 15 is 0 Å². The van der Waals surface area contributed by atoms with Crippen LogP contribution in [0.2, 0.25) is 5.02 Å². The molecule has 0 unspecified atom stereocenters. The van der Waals surface area contributed by atoms with Crippen molar-refractivity contribution in [3.05, 3.63) is 191 Å². The number of likely N-dealkylation sites (tertiary alicyclic amines) is 2. The van der Waals surface area contributed by atoms with Crippen molar-refractivity contribution in [3.8, 4) is 11.5 Å². The third kappa shape index (κ3) is 13.4. The Balaban J connectivity index is 0.000000194. The number of benzene rings is 6. The van der Waals surface area contributed by atoms with E-state index < -0.39 is 26.1 Å². The molecule has 2 aliphatic heterocycles. The van der Waals surface area contributed by atoms with E-state index in [1.54, 1.807) is 36.4 Å². The summed E-state index contributed by atoms with van der Waals surface area (Å²) in [6, 6.07) is 43.5. The van der Waals surface area contributed by atoms with Crippen LogP contribution in [-0.4, -0.2) is 70.9 Å². The first-order valence-electron chi connectivity index (χ1n) is 21.5. The van der Waals surface area contributed by atoms with Crippen molar-refractivity contribution in [2.75, 3.05) is 32.7 Å². The van der Waals surface area contributed by atoms with Gasteiger partial charge in [-0.15, -0.1) is 0 Å². The fraction of sp³-hybridized carbons (Fsp3) is 0.255. The van der Waals surface area contributed by atoms with Crippen LogP contribution in [0.25, 0.3) is 0 Å². The lowest BCUT2D eigenvalue weighted by Crippen LogP contribution is -2.37. The molecule has 0 aromatic heterocycles. The average Bonchev–Trinajstić information content (AvgIpc) is 3.32. The summed E-state index contributed by atoms with van der Waals surface area (Å²) >= 11 is 5.90. The molecule has 2 fully saturated rings. The Morgan fingerprint density at radius 2 is 1.02 bits per heavy atom. The van der Waals surface area contributed by atoms with Gasteiger partial charge in [-0.1, -0.05) is 103 Å². The summed E-state index contributed by atoms with van der Waals surface area (Å²) in [5.74, 6) is -0.518. The number of halogens is 2. The molecule has 65 heavy (non-hydrogen) atoms. The molecule has 6 aromatic carbocycles. The minimum Gasteiger partial charge on any atom is -0.379 e. The third-order valence-electron chi connectivity index (χ3n) is 11.6. The monoisotopic (exact) mass is 936 g/mol. The molecular formula is C51H50ClFN2O8S2. The fourth-order valence-corrected chi connectivity index (χ4v) is 10.1. The van der Waals surface area contributed by atoms with Gasteiger partial charge in [0.15, 0.2) is 11.6 Å². The summed E-state index contributed by atoms with van der Waals surface area (Å²) in [6.07, 6.45) is 4.09. The van der Waals surface area contributed by atoms with Gasteiger partial charge in [0.2, 0.25) is 0 Å². The zero-order chi connectivity index (χ0) is 45.8. The Morgan fingerprint density at radius 1 is 0.538 bits per heavy atom. The van der Waals surface area contributed by atoms with Gasteiger partial charge in [-0.2, -0.15) is 16.8 Å². The maximum Gasteiger partial charge on any atom is 0.339 e. The number of carbonyl (C=O) groups is 2. The molecule has 0 amide bonds. The standard InChI is InChI=1S/C26H26ClNO4S.C25H24FNO4S/c27-23-9-5-11-25(19-23)33(30,31)32-24-10-4-8-22(18-24)26(29)21-13-16-28(17-14-21)15-12-20-6-2-1-3-7-20;26-22-9-11-24(12-10-22)32(29,30)31-23-8-4-7-21(17-23)25(28)20-13-15-27(16-14-20)18-19-5-2-1-3-6-19/h1-11,18-19,21H,12-17H2;1-12,17,20H,13-16,18H2. The van der Waals surface area contributed by atoms with E-state index in [1.165, 1.54) is 47.5 Å². The zero-order valence-electron chi connectivity index (χ0n) is 35.7. The molecule has 0 bridgehead atoms. The molecule has 0 radical (unpaired) electrons. The SMILES string of the molecule is O=C(c1cccc(OS(=O)(=O)c2ccc(F)cc2)c1)C1CCN(Cc2ccccc2)CC1.O=C(c1cccc(OS(=O)(=O)c2cccc(Cl)c2)c1)C1CCN(CCc2ccccc2)CC1. The van der Waals surface area contributed by atoms with Gasteiger partial charge in [-0.3, -0.25) is 14.5 Å². The molecule has 0 atom stereocenters. The van der Waals surface area contributed by atoms with Crippen molar-refractivity contribution in [1.29, 1.82) is 0 Å². The van der Waals surface area contributed by atoms with Crippen LogP contribution in [0.3, 0.4) is 0 Å². The number of hydrogen-bond acceptors (Lipinski definition) is 10. The second-order valence-corrected chi connectivity index (χ2v) is 19.7. The summed E-state index contributed by atoms with van der Waals surface area (Å²) in [7, 11) is -8.16. The van der Waals surface area contributed by atoms with Crippen molar-refractivity contribution < 1.29 is 39.2 Å². The number of nitrogens with zero attached hydrogens (tertiary/aromatic N) is 2. The van der Waals surface area contributed by atoms with Gasteiger partial charge in [0.1, 0.15) is 27.1 Å². The first-order chi connectivity index (χ1) is 31.3. The molecule has 14 heteroatoms. The summed E-state index contributed by atoms with van der Waals surface area (Å²) in [5.41, 5.74) is 3.47. The van der Waals surface area contributed by atoms with Crippen LogP contribution in [-0.2, 0) is 33.2 Å². The number of Topliss-reactive ketones (excluding diaryl/α,β-unsaturated/α-hetero) is 2. The van der Waals surface area contributed by atoms with Crippen LogP contribution in [0.5, 0.6) is 11.5 Å². The van der Waals surface area contributed by atoms with E-state index in [9.17, 15) is 30.8 Å². The summed E-state index contributed by atoms with van der Waals surface area (Å²) in [4.78, 5) is 30.7. The second-order valence-electron chi connectivity index (χ2n) is 16.2. The van der Waals surface area contributed by atoms with E-state index in [1.807, 2.05) is 24.3 Å². The molecule has 338 valence electrons. The number of carbonyl (C=O) groups excluding carboxylic acids is 2. The van der Waals surface area contributed by atoms with Crippen molar-refractivity contribution in [2.24, 2.45) is 11.8 Å². The number of hydrogen-bond donors (Lipinski definition) is 0. The predicted molar refractivity (Wildman–Crippen MR) is 249 cm³/mol. The van der Waals surface area contributed by atoms with Crippen LogP contribution in [0.15, 0.2) is 168 Å². The van der Waals surface area contributed by atoms with Gasteiger partial charge >= 0.3 is 20.2 Å². The summed E-state index contributed by atoms with van der Waals surface area (Å²) < 4.78 is 73.5. The Morgan fingerprint density at radius 3 is 1.54 bits per heavy atom. The number of piperidine rings is 2. The fourth-order valence-electron chi connectivity index (χ4n) is 7.99. The van der Waals surface area contributed by atoms with Crippen molar-refractivity contribution in [2.45, 2.75) is 48.4 Å². The minimum atomic E-state index is -4.12. The predicted octanol–water partition coefficient (Wildman–Crippen LogP) is 9.93. The van der Waals surface area contributed by atoms with Crippen molar-refractivity contribution >= 4 is 43.4 Å². The Bertz CT molecular complexity index is 2760. The van der Waals surface area contributed by atoms with Gasteiger partial charge in [-0.05, 0) is 136 Å². The Kier molecular flexibility index (Phi) is 16.0. The normalized spacial score (nSPS) is 15.4. The second kappa shape index (κ2) is 22.0. The highest BCUT2D eigenvalue weighted by Crippen LogP contribution is 2.28. The number of ketones is 2. The highest BCUT2D eigenvalue weighted by molar-refractivity contribution is 7.87. The summed E-state index contributed by atoms with van der Waals surface area (Å²) in [6.45, 7) is 5.27. The molecule has 2 heterocycles. The van der Waals surface area contributed by atoms with Gasteiger partial charge < -0.3 is 13.3 Å². The van der Waals surface area contributed by atoms with Gasteiger partial charge in [0.25, 0.3) is 0 Å². The maximum absolute atomic E-state index is 13.1. The lowest BCUT2D eigenvalue weighted by Gasteiger charge is -2.31. The van der Waals surface area contributed by atoms with E-state index in [2.05, 4.69) is 46.2 Å². The van der Waals surface area contributed by atoms with Crippen molar-refractivity contribution in [3.63, 3.8) is 0 Å². The molecule has 0 spiro atoms. The van der Waals surface area contributed by atoms with Crippen LogP contribution < -0.4 is 8.37 Å². The molecule has 2 aliphatic rings. The molecule has 10 nitrogen and oxygen atoms in total. The lowest BCUT2D eigenvalue weighted by atomic mass is 9.88. The quantitative estimate of drug-likeness (QED) is 0.0726. The van der Waals surface area contributed by atoms with E-state index in [0.717, 1.165) is 95.6 Å². The summed E-state index contributed by atoms with van der Waals surface area (Å²) in [5, 5.41) is 0.304. The van der Waals surface area contributed by atoms with Gasteiger partial charge in [-0.25, -0.2) is 4.39 Å². The minimum absolute atomic E-state index is 0.00556. The first-order valence-corrected chi connectivity index (χ1v) is 24.7. The molecule has 6 aromatic rings. The third-order valence-corrected chi connectivity index (χ3v) is 14.3. The zero-order valence-corrected chi connectivity index (χ0v) is 38.1. The average molecular weight is 938 g/mol. The first kappa shape index (κ1) is 47.3. The highest BCUT2D eigenvalue weighted by atomic mass is 35.5. The van der Waals surface area contributed by atoms with E-state index in [0.29, 0.717) is 16.1 Å². The molecule has 0 saturated carbocycles. The van der Waals surface area contributed by atoms with E-state index in [-0.39, 0.29) is 44.7 Å². The topological polar surface area (TPSA) is 127 Å². The van der Waals surface area contributed by atoms with Crippen LogP contribution >= 0.6 is 11.6 Å². The van der Waals surface area contributed by atoms with Crippen LogP contribution in [0.1, 0.15) is 57.5 Å². The Labute approximate surface area is 385 Å². The Hall–Kier alpha value is -5.70. The van der Waals surface area contributed by atoms with Crippen molar-refractivity contribution in [1.82, 2.24) is 9.80 Å². The molecule has 0 N–H and O–H groups in total. The molecular weight excluding hydrogens is 887 g/mol. The highest BCUT2D eigenvalue weighted by Gasteiger charge is 2.28. The molecule has 2 saturated heterocycles. The molecule has 0 aliphatic carbocycles. The maximum atomic E-state index is 13.1.